The number of primary amides is 1. The van der Waals surface area contributed by atoms with E-state index in [0.717, 1.165) is 5.56 Å². The third kappa shape index (κ3) is 2.06. The van der Waals surface area contributed by atoms with Crippen LogP contribution in [0, 0.1) is 6.92 Å². The fourth-order valence-corrected chi connectivity index (χ4v) is 1.48. The zero-order chi connectivity index (χ0) is 11.5. The molecular weight excluding hydrogens is 204 g/mol. The molecule has 82 valence electrons. The Kier molecular flexibility index (Phi) is 2.64. The lowest BCUT2D eigenvalue weighted by Gasteiger charge is -1.95. The first-order valence-electron chi connectivity index (χ1n) is 4.89. The van der Waals surface area contributed by atoms with Crippen LogP contribution < -0.4 is 11.1 Å². The van der Waals surface area contributed by atoms with Crippen LogP contribution in [0.4, 0.5) is 10.5 Å². The lowest BCUT2D eigenvalue weighted by Crippen LogP contribution is -2.19. The van der Waals surface area contributed by atoms with Crippen molar-refractivity contribution in [3.63, 3.8) is 0 Å². The highest BCUT2D eigenvalue weighted by molar-refractivity contribution is 5.89. The number of benzene rings is 1. The summed E-state index contributed by atoms with van der Waals surface area (Å²) in [5, 5.41) is 2.51. The van der Waals surface area contributed by atoms with E-state index in [1.54, 1.807) is 13.0 Å². The van der Waals surface area contributed by atoms with Gasteiger partial charge in [-0.15, -0.1) is 0 Å². The van der Waals surface area contributed by atoms with Crippen molar-refractivity contribution in [3.8, 4) is 11.3 Å². The van der Waals surface area contributed by atoms with Gasteiger partial charge in [0.25, 0.3) is 0 Å². The van der Waals surface area contributed by atoms with Crippen LogP contribution in [0.2, 0.25) is 0 Å². The molecule has 2 aromatic rings. The second-order valence-corrected chi connectivity index (χ2v) is 3.44. The number of hydrogen-bond donors (Lipinski definition) is 2. The number of nitrogens with two attached hydrogens (primary N) is 1. The van der Waals surface area contributed by atoms with E-state index in [9.17, 15) is 4.79 Å². The number of carbonyl (C=O) groups is 1. The molecule has 0 fully saturated rings. The maximum Gasteiger partial charge on any atom is 0.316 e. The van der Waals surface area contributed by atoms with Crippen LogP contribution in [0.15, 0.2) is 40.8 Å². The normalized spacial score (nSPS) is 10.1. The first-order valence-corrected chi connectivity index (χ1v) is 4.89. The van der Waals surface area contributed by atoms with E-state index >= 15 is 0 Å². The molecule has 0 bridgehead atoms. The molecule has 0 aliphatic carbocycles. The summed E-state index contributed by atoms with van der Waals surface area (Å²) in [5.74, 6) is 1.35. The Hall–Kier alpha value is -2.23. The molecule has 0 unspecified atom stereocenters. The van der Waals surface area contributed by atoms with Crippen molar-refractivity contribution in [1.29, 1.82) is 0 Å². The maximum absolute atomic E-state index is 10.7. The topological polar surface area (TPSA) is 68.3 Å². The molecule has 2 rings (SSSR count). The van der Waals surface area contributed by atoms with E-state index in [0.29, 0.717) is 17.2 Å². The Labute approximate surface area is 93.1 Å². The lowest BCUT2D eigenvalue weighted by atomic mass is 10.2. The average Bonchev–Trinajstić information content (AvgIpc) is 2.61. The zero-order valence-corrected chi connectivity index (χ0v) is 8.86. The molecule has 0 saturated heterocycles. The molecule has 1 heterocycles. The third-order valence-corrected chi connectivity index (χ3v) is 2.23. The number of anilines is 1. The van der Waals surface area contributed by atoms with E-state index in [-0.39, 0.29) is 0 Å². The number of carbonyl (C=O) groups excluding carboxylic acids is 1. The van der Waals surface area contributed by atoms with E-state index in [1.807, 2.05) is 30.3 Å². The molecule has 2 amide bonds. The predicted molar refractivity (Wildman–Crippen MR) is 62.1 cm³/mol. The Morgan fingerprint density at radius 1 is 1.31 bits per heavy atom. The van der Waals surface area contributed by atoms with Gasteiger partial charge < -0.3 is 15.5 Å². The zero-order valence-electron chi connectivity index (χ0n) is 8.86. The number of urea groups is 1. The SMILES string of the molecule is Cc1oc(-c2ccccc2)cc1NC(N)=O. The standard InChI is InChI=1S/C12H12N2O2/c1-8-10(14-12(13)15)7-11(16-8)9-5-3-2-4-6-9/h2-7H,1H3,(H3,13,14,15). The largest absolute Gasteiger partial charge is 0.459 e. The molecule has 3 N–H and O–H groups in total. The minimum atomic E-state index is -0.594. The van der Waals surface area contributed by atoms with Crippen molar-refractivity contribution >= 4 is 11.7 Å². The number of nitrogens with one attached hydrogen (secondary N) is 1. The first-order chi connectivity index (χ1) is 7.66. The van der Waals surface area contributed by atoms with E-state index in [1.165, 1.54) is 0 Å². The summed E-state index contributed by atoms with van der Waals surface area (Å²) < 4.78 is 5.53. The summed E-state index contributed by atoms with van der Waals surface area (Å²) in [6.07, 6.45) is 0. The van der Waals surface area contributed by atoms with Crippen molar-refractivity contribution in [2.75, 3.05) is 5.32 Å². The van der Waals surface area contributed by atoms with Crippen LogP contribution in [0.3, 0.4) is 0 Å². The van der Waals surface area contributed by atoms with Crippen molar-refractivity contribution < 1.29 is 9.21 Å². The smallest absolute Gasteiger partial charge is 0.316 e. The van der Waals surface area contributed by atoms with Gasteiger partial charge in [0.2, 0.25) is 0 Å². The monoisotopic (exact) mass is 216 g/mol. The minimum Gasteiger partial charge on any atom is -0.459 e. The highest BCUT2D eigenvalue weighted by Crippen LogP contribution is 2.28. The molecule has 0 spiro atoms. The molecule has 0 atom stereocenters. The molecule has 0 aliphatic heterocycles. The van der Waals surface area contributed by atoms with Crippen LogP contribution in [-0.4, -0.2) is 6.03 Å². The third-order valence-electron chi connectivity index (χ3n) is 2.23. The first kappa shape index (κ1) is 10.3. The molecule has 0 aliphatic rings. The minimum absolute atomic E-state index is 0.594. The molecule has 4 nitrogen and oxygen atoms in total. The van der Waals surface area contributed by atoms with Crippen molar-refractivity contribution in [2.45, 2.75) is 6.92 Å². The predicted octanol–water partition coefficient (Wildman–Crippen LogP) is 2.75. The fourth-order valence-electron chi connectivity index (χ4n) is 1.48. The summed E-state index contributed by atoms with van der Waals surface area (Å²) in [5.41, 5.74) is 6.61. The van der Waals surface area contributed by atoms with Gasteiger partial charge in [-0.2, -0.15) is 0 Å². The summed E-state index contributed by atoms with van der Waals surface area (Å²) in [6.45, 7) is 1.78. The average molecular weight is 216 g/mol. The lowest BCUT2D eigenvalue weighted by molar-refractivity contribution is 0.259. The molecule has 0 radical (unpaired) electrons. The van der Waals surface area contributed by atoms with Crippen LogP contribution in [0.25, 0.3) is 11.3 Å². The van der Waals surface area contributed by atoms with Gasteiger partial charge in [-0.3, -0.25) is 0 Å². The molecule has 16 heavy (non-hydrogen) atoms. The fraction of sp³-hybridized carbons (Fsp3) is 0.0833. The van der Waals surface area contributed by atoms with Gasteiger partial charge in [0, 0.05) is 11.6 Å². The maximum atomic E-state index is 10.7. The second-order valence-electron chi connectivity index (χ2n) is 3.44. The van der Waals surface area contributed by atoms with Gasteiger partial charge >= 0.3 is 6.03 Å². The molecule has 4 heteroatoms. The number of aryl methyl sites for hydroxylation is 1. The number of amides is 2. The van der Waals surface area contributed by atoms with Gasteiger partial charge in [0.1, 0.15) is 11.5 Å². The van der Waals surface area contributed by atoms with E-state index in [4.69, 9.17) is 10.2 Å². The van der Waals surface area contributed by atoms with Gasteiger partial charge in [0.05, 0.1) is 5.69 Å². The molecule has 1 aromatic carbocycles. The van der Waals surface area contributed by atoms with Crippen LogP contribution in [0.1, 0.15) is 5.76 Å². The highest BCUT2D eigenvalue weighted by Gasteiger charge is 2.09. The van der Waals surface area contributed by atoms with Gasteiger partial charge in [0.15, 0.2) is 0 Å². The van der Waals surface area contributed by atoms with Crippen LogP contribution >= 0.6 is 0 Å². The van der Waals surface area contributed by atoms with Crippen molar-refractivity contribution in [3.05, 3.63) is 42.2 Å². The summed E-state index contributed by atoms with van der Waals surface area (Å²) in [4.78, 5) is 10.7. The number of furan rings is 1. The molecule has 1 aromatic heterocycles. The van der Waals surface area contributed by atoms with Crippen LogP contribution in [0.5, 0.6) is 0 Å². The van der Waals surface area contributed by atoms with Gasteiger partial charge in [-0.05, 0) is 6.92 Å². The van der Waals surface area contributed by atoms with Gasteiger partial charge in [-0.1, -0.05) is 30.3 Å². The Balaban J connectivity index is 2.34. The molecular formula is C12H12N2O2. The van der Waals surface area contributed by atoms with Crippen LogP contribution in [-0.2, 0) is 0 Å². The summed E-state index contributed by atoms with van der Waals surface area (Å²) >= 11 is 0. The van der Waals surface area contributed by atoms with E-state index < -0.39 is 6.03 Å². The van der Waals surface area contributed by atoms with Crippen molar-refractivity contribution in [2.24, 2.45) is 5.73 Å². The Morgan fingerprint density at radius 2 is 2.00 bits per heavy atom. The van der Waals surface area contributed by atoms with Gasteiger partial charge in [-0.25, -0.2) is 4.79 Å². The summed E-state index contributed by atoms with van der Waals surface area (Å²) in [7, 11) is 0. The Morgan fingerprint density at radius 3 is 2.62 bits per heavy atom. The van der Waals surface area contributed by atoms with E-state index in [2.05, 4.69) is 5.32 Å². The van der Waals surface area contributed by atoms with Crippen molar-refractivity contribution in [1.82, 2.24) is 0 Å². The second kappa shape index (κ2) is 4.10. The quantitative estimate of drug-likeness (QED) is 0.810. The highest BCUT2D eigenvalue weighted by atomic mass is 16.3. The number of rotatable bonds is 2. The molecule has 0 saturated carbocycles. The summed E-state index contributed by atoms with van der Waals surface area (Å²) in [6, 6.07) is 10.8. The Bertz CT molecular complexity index is 503. The number of hydrogen-bond acceptors (Lipinski definition) is 2.